The third kappa shape index (κ3) is 4.07. The van der Waals surface area contributed by atoms with Crippen LogP contribution in [-0.4, -0.2) is 39.7 Å². The second-order valence-corrected chi connectivity index (χ2v) is 7.56. The number of aromatic nitrogens is 2. The monoisotopic (exact) mass is 407 g/mol. The minimum absolute atomic E-state index is 0.0352. The summed E-state index contributed by atoms with van der Waals surface area (Å²) in [5.74, 6) is 0.137. The normalized spacial score (nSPS) is 17.5. The fourth-order valence-electron chi connectivity index (χ4n) is 4.02. The number of nitrogens with one attached hydrogen (secondary N) is 1. The Kier molecular flexibility index (Phi) is 5.56. The van der Waals surface area contributed by atoms with Crippen molar-refractivity contribution in [1.82, 2.24) is 20.0 Å². The standard InChI is InChI=1S/C22H25N5O3/c1-26-14-17(21(23)28)19(25-26)16-9-5-11-27(13-16)22(29)24-20(18-10-6-12-30-18)15-7-3-2-4-8-15/h2-4,6-8,10,12,14,16,20H,5,9,11,13H2,1H3,(H2,23,28)(H,24,29)/t16-,20+/m1/s1. The van der Waals surface area contributed by atoms with Gasteiger partial charge < -0.3 is 20.4 Å². The number of primary amides is 1. The number of nitrogens with two attached hydrogens (primary N) is 1. The number of carbonyl (C=O) groups is 2. The van der Waals surface area contributed by atoms with E-state index in [4.69, 9.17) is 10.2 Å². The van der Waals surface area contributed by atoms with Crippen LogP contribution in [0.5, 0.6) is 0 Å². The molecule has 1 aliphatic rings. The average molecular weight is 407 g/mol. The first kappa shape index (κ1) is 19.8. The van der Waals surface area contributed by atoms with Crippen molar-refractivity contribution in [3.05, 3.63) is 77.5 Å². The number of piperidine rings is 1. The largest absolute Gasteiger partial charge is 0.467 e. The molecule has 0 saturated carbocycles. The third-order valence-electron chi connectivity index (χ3n) is 5.45. The van der Waals surface area contributed by atoms with E-state index in [1.54, 1.807) is 35.2 Å². The molecule has 8 heteroatoms. The zero-order valence-electron chi connectivity index (χ0n) is 16.8. The fraction of sp³-hybridized carbons (Fsp3) is 0.318. The van der Waals surface area contributed by atoms with E-state index in [-0.39, 0.29) is 18.0 Å². The summed E-state index contributed by atoms with van der Waals surface area (Å²) in [6.07, 6.45) is 4.91. The van der Waals surface area contributed by atoms with Crippen molar-refractivity contribution < 1.29 is 14.0 Å². The van der Waals surface area contributed by atoms with Crippen molar-refractivity contribution in [2.45, 2.75) is 24.8 Å². The van der Waals surface area contributed by atoms with Crippen LogP contribution in [0.4, 0.5) is 4.79 Å². The molecule has 1 fully saturated rings. The lowest BCUT2D eigenvalue weighted by Gasteiger charge is -2.33. The summed E-state index contributed by atoms with van der Waals surface area (Å²) in [7, 11) is 1.76. The minimum atomic E-state index is -0.498. The lowest BCUT2D eigenvalue weighted by Crippen LogP contribution is -2.46. The highest BCUT2D eigenvalue weighted by atomic mass is 16.3. The fourth-order valence-corrected chi connectivity index (χ4v) is 4.02. The maximum absolute atomic E-state index is 13.1. The van der Waals surface area contributed by atoms with E-state index in [1.807, 2.05) is 36.4 Å². The predicted octanol–water partition coefficient (Wildman–Crippen LogP) is 2.79. The van der Waals surface area contributed by atoms with Crippen molar-refractivity contribution in [3.63, 3.8) is 0 Å². The molecule has 3 heterocycles. The third-order valence-corrected chi connectivity index (χ3v) is 5.45. The molecule has 156 valence electrons. The van der Waals surface area contributed by atoms with E-state index in [2.05, 4.69) is 10.4 Å². The molecule has 3 N–H and O–H groups in total. The van der Waals surface area contributed by atoms with Crippen LogP contribution in [0, 0.1) is 0 Å². The molecular formula is C22H25N5O3. The van der Waals surface area contributed by atoms with Gasteiger partial charge >= 0.3 is 6.03 Å². The molecule has 2 aromatic heterocycles. The number of nitrogens with zero attached hydrogens (tertiary/aromatic N) is 3. The Morgan fingerprint density at radius 2 is 2.03 bits per heavy atom. The smallest absolute Gasteiger partial charge is 0.318 e. The highest BCUT2D eigenvalue weighted by Gasteiger charge is 2.31. The van der Waals surface area contributed by atoms with Crippen LogP contribution in [0.15, 0.2) is 59.3 Å². The maximum atomic E-state index is 13.1. The van der Waals surface area contributed by atoms with Crippen molar-refractivity contribution in [1.29, 1.82) is 0 Å². The van der Waals surface area contributed by atoms with Crippen LogP contribution < -0.4 is 11.1 Å². The van der Waals surface area contributed by atoms with Gasteiger partial charge in [0.25, 0.3) is 5.91 Å². The Hall–Kier alpha value is -3.55. The van der Waals surface area contributed by atoms with E-state index in [9.17, 15) is 9.59 Å². The zero-order chi connectivity index (χ0) is 21.1. The van der Waals surface area contributed by atoms with Gasteiger partial charge in [0, 0.05) is 32.3 Å². The van der Waals surface area contributed by atoms with Crippen LogP contribution >= 0.6 is 0 Å². The second-order valence-electron chi connectivity index (χ2n) is 7.56. The zero-order valence-corrected chi connectivity index (χ0v) is 16.8. The van der Waals surface area contributed by atoms with Crippen molar-refractivity contribution in [3.8, 4) is 0 Å². The van der Waals surface area contributed by atoms with E-state index in [0.29, 0.717) is 30.1 Å². The lowest BCUT2D eigenvalue weighted by molar-refractivity contribution is 0.0998. The molecule has 0 unspecified atom stereocenters. The summed E-state index contributed by atoms with van der Waals surface area (Å²) in [5.41, 5.74) is 7.54. The molecular weight excluding hydrogens is 382 g/mol. The van der Waals surface area contributed by atoms with Gasteiger partial charge in [0.1, 0.15) is 11.8 Å². The van der Waals surface area contributed by atoms with Gasteiger partial charge in [0.15, 0.2) is 0 Å². The van der Waals surface area contributed by atoms with E-state index >= 15 is 0 Å². The molecule has 1 saturated heterocycles. The molecule has 0 spiro atoms. The van der Waals surface area contributed by atoms with Crippen molar-refractivity contribution in [2.24, 2.45) is 12.8 Å². The Labute approximate surface area is 174 Å². The van der Waals surface area contributed by atoms with Gasteiger partial charge in [0.2, 0.25) is 0 Å². The number of hydrogen-bond acceptors (Lipinski definition) is 4. The number of rotatable bonds is 5. The molecule has 1 aliphatic heterocycles. The number of hydrogen-bond donors (Lipinski definition) is 2. The van der Waals surface area contributed by atoms with Gasteiger partial charge in [-0.05, 0) is 30.5 Å². The van der Waals surface area contributed by atoms with Crippen molar-refractivity contribution in [2.75, 3.05) is 13.1 Å². The number of urea groups is 1. The quantitative estimate of drug-likeness (QED) is 0.678. The SMILES string of the molecule is Cn1cc(C(N)=O)c([C@@H]2CCCN(C(=O)N[C@@H](c3ccccc3)c3ccco3)C2)n1. The Bertz CT molecular complexity index is 1010. The molecule has 2 atom stereocenters. The number of carbonyl (C=O) groups excluding carboxylic acids is 2. The van der Waals surface area contributed by atoms with Gasteiger partial charge in [-0.3, -0.25) is 9.48 Å². The molecule has 4 rings (SSSR count). The van der Waals surface area contributed by atoms with Gasteiger partial charge in [0.05, 0.1) is 17.5 Å². The molecule has 3 amide bonds. The number of benzene rings is 1. The first-order valence-electron chi connectivity index (χ1n) is 10.00. The summed E-state index contributed by atoms with van der Waals surface area (Å²) in [6.45, 7) is 1.11. The first-order valence-corrected chi connectivity index (χ1v) is 10.00. The Morgan fingerprint density at radius 1 is 1.23 bits per heavy atom. The molecule has 0 bridgehead atoms. The van der Waals surface area contributed by atoms with Gasteiger partial charge in [-0.1, -0.05) is 30.3 Å². The summed E-state index contributed by atoms with van der Waals surface area (Å²) < 4.78 is 7.17. The number of aryl methyl sites for hydroxylation is 1. The van der Waals surface area contributed by atoms with E-state index in [1.165, 1.54) is 0 Å². The van der Waals surface area contributed by atoms with Crippen LogP contribution in [0.3, 0.4) is 0 Å². The summed E-state index contributed by atoms with van der Waals surface area (Å²) in [5, 5.41) is 7.54. The Morgan fingerprint density at radius 3 is 2.73 bits per heavy atom. The van der Waals surface area contributed by atoms with Gasteiger partial charge in [-0.15, -0.1) is 0 Å². The maximum Gasteiger partial charge on any atom is 0.318 e. The molecule has 8 nitrogen and oxygen atoms in total. The molecule has 30 heavy (non-hydrogen) atoms. The highest BCUT2D eigenvalue weighted by molar-refractivity contribution is 5.93. The topological polar surface area (TPSA) is 106 Å². The predicted molar refractivity (Wildman–Crippen MR) is 111 cm³/mol. The van der Waals surface area contributed by atoms with Crippen molar-refractivity contribution >= 4 is 11.9 Å². The number of furan rings is 1. The Balaban J connectivity index is 1.52. The molecule has 0 aliphatic carbocycles. The van der Waals surface area contributed by atoms with E-state index < -0.39 is 5.91 Å². The summed E-state index contributed by atoms with van der Waals surface area (Å²) in [4.78, 5) is 26.7. The van der Waals surface area contributed by atoms with E-state index in [0.717, 1.165) is 18.4 Å². The van der Waals surface area contributed by atoms with Crippen LogP contribution in [-0.2, 0) is 7.05 Å². The second kappa shape index (κ2) is 8.44. The first-order chi connectivity index (χ1) is 14.5. The average Bonchev–Trinajstić information content (AvgIpc) is 3.42. The molecule has 0 radical (unpaired) electrons. The van der Waals surface area contributed by atoms with Gasteiger partial charge in [-0.25, -0.2) is 4.79 Å². The summed E-state index contributed by atoms with van der Waals surface area (Å²) in [6, 6.07) is 12.8. The molecule has 1 aromatic carbocycles. The number of likely N-dealkylation sites (tertiary alicyclic amines) is 1. The number of amides is 3. The van der Waals surface area contributed by atoms with Crippen LogP contribution in [0.1, 0.15) is 52.2 Å². The molecule has 3 aromatic rings. The minimum Gasteiger partial charge on any atom is -0.467 e. The lowest BCUT2D eigenvalue weighted by atomic mass is 9.92. The van der Waals surface area contributed by atoms with Crippen LogP contribution in [0.2, 0.25) is 0 Å². The highest BCUT2D eigenvalue weighted by Crippen LogP contribution is 2.29. The van der Waals surface area contributed by atoms with Crippen LogP contribution in [0.25, 0.3) is 0 Å². The van der Waals surface area contributed by atoms with Gasteiger partial charge in [-0.2, -0.15) is 5.10 Å². The summed E-state index contributed by atoms with van der Waals surface area (Å²) >= 11 is 0.